The summed E-state index contributed by atoms with van der Waals surface area (Å²) >= 11 is 0. The molecule has 2 saturated heterocycles. The van der Waals surface area contributed by atoms with Crippen molar-refractivity contribution < 1.29 is 9.59 Å². The Bertz CT molecular complexity index is 835. The number of nitrogens with one attached hydrogen (secondary N) is 1. The topological polar surface area (TPSA) is 96.2 Å². The van der Waals surface area contributed by atoms with Crippen LogP contribution in [-0.2, 0) is 22.7 Å². The van der Waals surface area contributed by atoms with Gasteiger partial charge in [-0.2, -0.15) is 0 Å². The van der Waals surface area contributed by atoms with Crippen LogP contribution in [0, 0.1) is 5.92 Å². The zero-order chi connectivity index (χ0) is 21.5. The molecule has 2 aliphatic rings. The van der Waals surface area contributed by atoms with Crippen LogP contribution >= 0.6 is 0 Å². The normalized spacial score (nSPS) is 20.1. The first kappa shape index (κ1) is 21.4. The van der Waals surface area contributed by atoms with E-state index in [1.165, 1.54) is 16.6 Å². The first-order valence-corrected chi connectivity index (χ1v) is 11.2. The molecule has 31 heavy (non-hydrogen) atoms. The van der Waals surface area contributed by atoms with Crippen molar-refractivity contribution in [1.82, 2.24) is 35.3 Å². The van der Waals surface area contributed by atoms with Gasteiger partial charge in [0.15, 0.2) is 0 Å². The van der Waals surface area contributed by atoms with Crippen LogP contribution in [0.2, 0.25) is 0 Å². The number of hydrogen-bond donors (Lipinski definition) is 1. The maximum Gasteiger partial charge on any atom is 0.244 e. The molecule has 0 bridgehead atoms. The number of likely N-dealkylation sites (tertiary alicyclic amines) is 2. The number of benzene rings is 1. The van der Waals surface area contributed by atoms with Gasteiger partial charge >= 0.3 is 0 Å². The summed E-state index contributed by atoms with van der Waals surface area (Å²) in [5.41, 5.74) is 1.32. The third kappa shape index (κ3) is 6.33. The van der Waals surface area contributed by atoms with Gasteiger partial charge in [-0.05, 0) is 47.6 Å². The summed E-state index contributed by atoms with van der Waals surface area (Å²) in [4.78, 5) is 29.0. The number of hydrogen-bond acceptors (Lipinski definition) is 6. The predicted molar refractivity (Wildman–Crippen MR) is 115 cm³/mol. The summed E-state index contributed by atoms with van der Waals surface area (Å²) in [6, 6.07) is 10.7. The van der Waals surface area contributed by atoms with E-state index < -0.39 is 0 Å². The van der Waals surface area contributed by atoms with Gasteiger partial charge in [-0.25, -0.2) is 4.68 Å². The van der Waals surface area contributed by atoms with Gasteiger partial charge in [0.1, 0.15) is 12.9 Å². The zero-order valence-corrected chi connectivity index (χ0v) is 17.9. The molecule has 166 valence electrons. The molecular formula is C22H31N7O2. The van der Waals surface area contributed by atoms with E-state index in [-0.39, 0.29) is 24.4 Å². The number of carbonyl (C=O) groups is 2. The Labute approximate surface area is 182 Å². The van der Waals surface area contributed by atoms with Crippen molar-refractivity contribution in [3.05, 3.63) is 42.2 Å². The van der Waals surface area contributed by atoms with E-state index >= 15 is 0 Å². The van der Waals surface area contributed by atoms with Gasteiger partial charge in [-0.3, -0.25) is 14.5 Å². The van der Waals surface area contributed by atoms with Crippen LogP contribution in [0.5, 0.6) is 0 Å². The second-order valence-corrected chi connectivity index (χ2v) is 8.64. The molecule has 2 fully saturated rings. The van der Waals surface area contributed by atoms with Gasteiger partial charge in [0.25, 0.3) is 0 Å². The van der Waals surface area contributed by atoms with Crippen molar-refractivity contribution in [2.75, 3.05) is 26.2 Å². The third-order valence-electron chi connectivity index (χ3n) is 6.32. The highest BCUT2D eigenvalue weighted by atomic mass is 16.2. The van der Waals surface area contributed by atoms with Crippen LogP contribution in [0.3, 0.4) is 0 Å². The number of rotatable bonds is 8. The van der Waals surface area contributed by atoms with E-state index in [0.29, 0.717) is 12.3 Å². The zero-order valence-electron chi connectivity index (χ0n) is 17.9. The molecule has 0 aliphatic carbocycles. The van der Waals surface area contributed by atoms with E-state index in [9.17, 15) is 9.59 Å². The third-order valence-corrected chi connectivity index (χ3v) is 6.32. The van der Waals surface area contributed by atoms with E-state index in [4.69, 9.17) is 0 Å². The van der Waals surface area contributed by atoms with Crippen LogP contribution in [0.25, 0.3) is 0 Å². The standard InChI is InChI=1S/C22H31N7O2/c30-21(24-20-10-11-27(15-20)14-19-4-2-1-3-5-19)7-6-18-8-12-28(13-9-18)22(31)16-29-17-23-25-26-29/h1-5,17-18,20H,6-16H2,(H,24,30)/t20-/m1/s1. The lowest BCUT2D eigenvalue weighted by atomic mass is 9.92. The molecule has 9 heteroatoms. The van der Waals surface area contributed by atoms with Crippen LogP contribution in [-0.4, -0.2) is 74.0 Å². The van der Waals surface area contributed by atoms with Gasteiger partial charge in [0.05, 0.1) is 0 Å². The van der Waals surface area contributed by atoms with Crippen molar-refractivity contribution >= 4 is 11.8 Å². The van der Waals surface area contributed by atoms with Gasteiger partial charge in [-0.15, -0.1) is 5.10 Å². The molecule has 0 unspecified atom stereocenters. The first-order valence-electron chi connectivity index (χ1n) is 11.2. The lowest BCUT2D eigenvalue weighted by Gasteiger charge is -2.32. The Hall–Kier alpha value is -2.81. The molecule has 3 heterocycles. The quantitative estimate of drug-likeness (QED) is 0.680. The van der Waals surface area contributed by atoms with E-state index in [1.54, 1.807) is 0 Å². The molecule has 1 aromatic heterocycles. The SMILES string of the molecule is O=C(CCC1CCN(C(=O)Cn2cnnn2)CC1)N[C@@H]1CCN(Cc2ccccc2)C1. The average Bonchev–Trinajstić information content (AvgIpc) is 3.45. The molecule has 1 aromatic carbocycles. The number of aromatic nitrogens is 4. The number of tetrazole rings is 1. The molecule has 2 amide bonds. The number of nitrogens with zero attached hydrogens (tertiary/aromatic N) is 6. The number of amides is 2. The molecule has 0 saturated carbocycles. The molecular weight excluding hydrogens is 394 g/mol. The highest BCUT2D eigenvalue weighted by Gasteiger charge is 2.26. The largest absolute Gasteiger partial charge is 0.352 e. The Morgan fingerprint density at radius 1 is 1.06 bits per heavy atom. The minimum Gasteiger partial charge on any atom is -0.352 e. The Balaban J connectivity index is 1.11. The van der Waals surface area contributed by atoms with Crippen LogP contribution in [0.4, 0.5) is 0 Å². The summed E-state index contributed by atoms with van der Waals surface area (Å²) in [6.45, 7) is 4.55. The summed E-state index contributed by atoms with van der Waals surface area (Å²) in [5, 5.41) is 14.1. The monoisotopic (exact) mass is 425 g/mol. The molecule has 2 aliphatic heterocycles. The number of carbonyl (C=O) groups excluding carboxylic acids is 2. The fourth-order valence-electron chi connectivity index (χ4n) is 4.53. The van der Waals surface area contributed by atoms with Gasteiger partial charge < -0.3 is 10.2 Å². The Morgan fingerprint density at radius 2 is 1.87 bits per heavy atom. The van der Waals surface area contributed by atoms with Crippen molar-refractivity contribution in [1.29, 1.82) is 0 Å². The predicted octanol–water partition coefficient (Wildman–Crippen LogP) is 1.08. The first-order chi connectivity index (χ1) is 15.2. The summed E-state index contributed by atoms with van der Waals surface area (Å²) < 4.78 is 1.45. The maximum absolute atomic E-state index is 12.4. The molecule has 1 atom stereocenters. The molecule has 0 spiro atoms. The smallest absolute Gasteiger partial charge is 0.244 e. The van der Waals surface area contributed by atoms with Crippen LogP contribution < -0.4 is 5.32 Å². The molecule has 4 rings (SSSR count). The summed E-state index contributed by atoms with van der Waals surface area (Å²) in [7, 11) is 0. The van der Waals surface area contributed by atoms with Gasteiger partial charge in [0, 0.05) is 45.2 Å². The lowest BCUT2D eigenvalue weighted by Crippen LogP contribution is -2.41. The van der Waals surface area contributed by atoms with Crippen molar-refractivity contribution in [2.24, 2.45) is 5.92 Å². The van der Waals surface area contributed by atoms with E-state index in [1.807, 2.05) is 11.0 Å². The van der Waals surface area contributed by atoms with Crippen LogP contribution in [0.15, 0.2) is 36.7 Å². The molecule has 9 nitrogen and oxygen atoms in total. The minimum absolute atomic E-state index is 0.0461. The fraction of sp³-hybridized carbons (Fsp3) is 0.591. The molecule has 1 N–H and O–H groups in total. The number of piperidine rings is 1. The van der Waals surface area contributed by atoms with E-state index in [0.717, 1.165) is 58.4 Å². The molecule has 0 radical (unpaired) electrons. The Morgan fingerprint density at radius 3 is 2.61 bits per heavy atom. The lowest BCUT2D eigenvalue weighted by molar-refractivity contribution is -0.133. The van der Waals surface area contributed by atoms with Crippen molar-refractivity contribution in [3.8, 4) is 0 Å². The fourth-order valence-corrected chi connectivity index (χ4v) is 4.53. The second kappa shape index (κ2) is 10.5. The average molecular weight is 426 g/mol. The van der Waals surface area contributed by atoms with Gasteiger partial charge in [0.2, 0.25) is 11.8 Å². The van der Waals surface area contributed by atoms with Crippen molar-refractivity contribution in [2.45, 2.75) is 51.2 Å². The van der Waals surface area contributed by atoms with Crippen molar-refractivity contribution in [3.63, 3.8) is 0 Å². The highest BCUT2D eigenvalue weighted by molar-refractivity contribution is 5.76. The van der Waals surface area contributed by atoms with Crippen LogP contribution in [0.1, 0.15) is 37.7 Å². The summed E-state index contributed by atoms with van der Waals surface area (Å²) in [6.07, 6.45) is 5.82. The second-order valence-electron chi connectivity index (χ2n) is 8.64. The Kier molecular flexibility index (Phi) is 7.24. The minimum atomic E-state index is 0.0461. The van der Waals surface area contributed by atoms with E-state index in [2.05, 4.69) is 50.0 Å². The summed E-state index contributed by atoms with van der Waals surface area (Å²) in [5.74, 6) is 0.703. The highest BCUT2D eigenvalue weighted by Crippen LogP contribution is 2.22. The van der Waals surface area contributed by atoms with Gasteiger partial charge in [-0.1, -0.05) is 30.3 Å². The maximum atomic E-state index is 12.4. The molecule has 2 aromatic rings.